The van der Waals surface area contributed by atoms with Crippen molar-refractivity contribution in [3.8, 4) is 0 Å². The van der Waals surface area contributed by atoms with Gasteiger partial charge in [0.05, 0.1) is 6.20 Å². The maximum Gasteiger partial charge on any atom is 0.0524 e. The van der Waals surface area contributed by atoms with Crippen LogP contribution in [0.2, 0.25) is 0 Å². The molecule has 1 rings (SSSR count). The van der Waals surface area contributed by atoms with E-state index in [0.717, 1.165) is 32.0 Å². The van der Waals surface area contributed by atoms with Crippen molar-refractivity contribution in [1.82, 2.24) is 15.1 Å². The number of aryl methyl sites for hydroxylation is 1. The summed E-state index contributed by atoms with van der Waals surface area (Å²) in [5.74, 6) is 1.33. The Bertz CT molecular complexity index is 304. The molecule has 0 aromatic carbocycles. The van der Waals surface area contributed by atoms with Gasteiger partial charge in [0, 0.05) is 12.7 Å². The summed E-state index contributed by atoms with van der Waals surface area (Å²) in [7, 11) is 0. The van der Waals surface area contributed by atoms with Crippen molar-refractivity contribution in [2.24, 2.45) is 5.92 Å². The van der Waals surface area contributed by atoms with E-state index < -0.39 is 0 Å². The fourth-order valence-corrected chi connectivity index (χ4v) is 1.86. The lowest BCUT2D eigenvalue weighted by Crippen LogP contribution is -2.21. The Kier molecular flexibility index (Phi) is 6.27. The van der Waals surface area contributed by atoms with Crippen molar-refractivity contribution in [1.29, 1.82) is 0 Å². The summed E-state index contributed by atoms with van der Waals surface area (Å²) in [5, 5.41) is 7.87. The highest BCUT2D eigenvalue weighted by Crippen LogP contribution is 2.17. The first-order valence-corrected chi connectivity index (χ1v) is 6.86. The second kappa shape index (κ2) is 7.49. The molecule has 1 unspecified atom stereocenters. The molecule has 0 aliphatic carbocycles. The first-order valence-electron chi connectivity index (χ1n) is 6.86. The van der Waals surface area contributed by atoms with E-state index >= 15 is 0 Å². The zero-order valence-electron chi connectivity index (χ0n) is 11.7. The van der Waals surface area contributed by atoms with E-state index in [-0.39, 0.29) is 0 Å². The fourth-order valence-electron chi connectivity index (χ4n) is 1.86. The average molecular weight is 237 g/mol. The second-order valence-electron chi connectivity index (χ2n) is 5.32. The van der Waals surface area contributed by atoms with Gasteiger partial charge in [0.2, 0.25) is 0 Å². The predicted octanol–water partition coefficient (Wildman–Crippen LogP) is 3.03. The third-order valence-corrected chi connectivity index (χ3v) is 2.98. The summed E-state index contributed by atoms with van der Waals surface area (Å²) in [6.07, 6.45) is 6.54. The molecule has 1 N–H and O–H groups in total. The number of hydrogen-bond acceptors (Lipinski definition) is 2. The fraction of sp³-hybridized carbons (Fsp3) is 0.786. The topological polar surface area (TPSA) is 29.9 Å². The van der Waals surface area contributed by atoms with Crippen molar-refractivity contribution >= 4 is 0 Å². The van der Waals surface area contributed by atoms with Gasteiger partial charge in [-0.25, -0.2) is 0 Å². The van der Waals surface area contributed by atoms with Gasteiger partial charge in [-0.05, 0) is 43.3 Å². The smallest absolute Gasteiger partial charge is 0.0524 e. The molecule has 3 nitrogen and oxygen atoms in total. The Labute approximate surface area is 106 Å². The highest BCUT2D eigenvalue weighted by molar-refractivity contribution is 5.09. The SMILES string of the molecule is CCCn1cc(C(C)CCNCC(C)C)cn1. The highest BCUT2D eigenvalue weighted by Gasteiger charge is 2.07. The van der Waals surface area contributed by atoms with Crippen molar-refractivity contribution in [3.05, 3.63) is 18.0 Å². The van der Waals surface area contributed by atoms with Crippen LogP contribution in [0.5, 0.6) is 0 Å². The summed E-state index contributed by atoms with van der Waals surface area (Å²) in [5.41, 5.74) is 1.37. The lowest BCUT2D eigenvalue weighted by Gasteiger charge is -2.11. The van der Waals surface area contributed by atoms with E-state index in [0.29, 0.717) is 5.92 Å². The quantitative estimate of drug-likeness (QED) is 0.704. The minimum absolute atomic E-state index is 0.597. The van der Waals surface area contributed by atoms with Crippen molar-refractivity contribution in [2.75, 3.05) is 13.1 Å². The van der Waals surface area contributed by atoms with E-state index in [2.05, 4.69) is 44.3 Å². The zero-order chi connectivity index (χ0) is 12.7. The molecule has 3 heteroatoms. The Balaban J connectivity index is 2.28. The molecule has 0 fully saturated rings. The van der Waals surface area contributed by atoms with Crippen LogP contribution in [0, 0.1) is 5.92 Å². The normalized spacial score (nSPS) is 13.2. The molecule has 1 atom stereocenters. The Morgan fingerprint density at radius 3 is 2.76 bits per heavy atom. The van der Waals surface area contributed by atoms with Crippen LogP contribution in [-0.4, -0.2) is 22.9 Å². The number of nitrogens with one attached hydrogen (secondary N) is 1. The van der Waals surface area contributed by atoms with Crippen LogP contribution in [0.1, 0.15) is 52.0 Å². The second-order valence-corrected chi connectivity index (χ2v) is 5.32. The largest absolute Gasteiger partial charge is 0.316 e. The number of nitrogens with zero attached hydrogens (tertiary/aromatic N) is 2. The molecule has 1 aromatic rings. The Morgan fingerprint density at radius 2 is 2.12 bits per heavy atom. The zero-order valence-corrected chi connectivity index (χ0v) is 11.7. The lowest BCUT2D eigenvalue weighted by molar-refractivity contribution is 0.524. The van der Waals surface area contributed by atoms with Crippen molar-refractivity contribution in [2.45, 2.75) is 53.0 Å². The summed E-state index contributed by atoms with van der Waals surface area (Å²) < 4.78 is 2.05. The van der Waals surface area contributed by atoms with Crippen LogP contribution < -0.4 is 5.32 Å². The molecule has 1 aromatic heterocycles. The molecular weight excluding hydrogens is 210 g/mol. The molecule has 17 heavy (non-hydrogen) atoms. The highest BCUT2D eigenvalue weighted by atomic mass is 15.3. The summed E-state index contributed by atoms with van der Waals surface area (Å²) >= 11 is 0. The molecule has 0 aliphatic heterocycles. The molecule has 1 heterocycles. The van der Waals surface area contributed by atoms with Gasteiger partial charge in [-0.15, -0.1) is 0 Å². The minimum atomic E-state index is 0.597. The van der Waals surface area contributed by atoms with E-state index in [4.69, 9.17) is 0 Å². The molecule has 0 saturated carbocycles. The standard InChI is InChI=1S/C14H27N3/c1-5-8-17-11-14(10-16-17)13(4)6-7-15-9-12(2)3/h10-13,15H,5-9H2,1-4H3. The first kappa shape index (κ1) is 14.2. The van der Waals surface area contributed by atoms with Gasteiger partial charge in [-0.1, -0.05) is 27.7 Å². The number of aromatic nitrogens is 2. The van der Waals surface area contributed by atoms with E-state index in [1.807, 2.05) is 10.9 Å². The van der Waals surface area contributed by atoms with Crippen LogP contribution in [-0.2, 0) is 6.54 Å². The van der Waals surface area contributed by atoms with Gasteiger partial charge in [0.15, 0.2) is 0 Å². The molecule has 0 amide bonds. The van der Waals surface area contributed by atoms with Crippen LogP contribution in [0.4, 0.5) is 0 Å². The Morgan fingerprint density at radius 1 is 1.35 bits per heavy atom. The third-order valence-electron chi connectivity index (χ3n) is 2.98. The Hall–Kier alpha value is -0.830. The van der Waals surface area contributed by atoms with Gasteiger partial charge in [-0.2, -0.15) is 5.10 Å². The molecule has 98 valence electrons. The lowest BCUT2D eigenvalue weighted by atomic mass is 10.0. The number of hydrogen-bond donors (Lipinski definition) is 1. The van der Waals surface area contributed by atoms with Crippen LogP contribution in [0.15, 0.2) is 12.4 Å². The summed E-state index contributed by atoms with van der Waals surface area (Å²) in [6.45, 7) is 12.2. The number of rotatable bonds is 8. The van der Waals surface area contributed by atoms with Gasteiger partial charge in [-0.3, -0.25) is 4.68 Å². The predicted molar refractivity (Wildman–Crippen MR) is 73.3 cm³/mol. The van der Waals surface area contributed by atoms with Crippen molar-refractivity contribution < 1.29 is 0 Å². The molecule has 0 bridgehead atoms. The molecule has 0 spiro atoms. The van der Waals surface area contributed by atoms with Crippen LogP contribution >= 0.6 is 0 Å². The molecular formula is C14H27N3. The maximum atomic E-state index is 4.38. The third kappa shape index (κ3) is 5.35. The molecule has 0 saturated heterocycles. The van der Waals surface area contributed by atoms with Gasteiger partial charge >= 0.3 is 0 Å². The monoisotopic (exact) mass is 237 g/mol. The van der Waals surface area contributed by atoms with Crippen LogP contribution in [0.3, 0.4) is 0 Å². The van der Waals surface area contributed by atoms with Gasteiger partial charge in [0.1, 0.15) is 0 Å². The van der Waals surface area contributed by atoms with Gasteiger partial charge < -0.3 is 5.32 Å². The molecule has 0 aliphatic rings. The summed E-state index contributed by atoms with van der Waals surface area (Å²) in [6, 6.07) is 0. The average Bonchev–Trinajstić information content (AvgIpc) is 2.73. The summed E-state index contributed by atoms with van der Waals surface area (Å²) in [4.78, 5) is 0. The molecule has 0 radical (unpaired) electrons. The van der Waals surface area contributed by atoms with E-state index in [1.54, 1.807) is 0 Å². The van der Waals surface area contributed by atoms with E-state index in [1.165, 1.54) is 12.0 Å². The maximum absolute atomic E-state index is 4.38. The van der Waals surface area contributed by atoms with Crippen LogP contribution in [0.25, 0.3) is 0 Å². The van der Waals surface area contributed by atoms with Gasteiger partial charge in [0.25, 0.3) is 0 Å². The van der Waals surface area contributed by atoms with E-state index in [9.17, 15) is 0 Å². The van der Waals surface area contributed by atoms with Crippen molar-refractivity contribution in [3.63, 3.8) is 0 Å². The first-order chi connectivity index (χ1) is 8.13. The minimum Gasteiger partial charge on any atom is -0.316 e.